The molecule has 10 N–H and O–H groups in total. The van der Waals surface area contributed by atoms with Crippen LogP contribution in [0.1, 0.15) is 83.1 Å². The van der Waals surface area contributed by atoms with Crippen molar-refractivity contribution in [1.29, 1.82) is 0 Å². The average Bonchev–Trinajstić information content (AvgIpc) is 3.57. The van der Waals surface area contributed by atoms with Gasteiger partial charge in [-0.15, -0.1) is 0 Å². The van der Waals surface area contributed by atoms with E-state index in [1.807, 2.05) is 13.1 Å². The molecular formula is C40H62N2O13. The fraction of sp³-hybridized carbons (Fsp3) is 0.675. The van der Waals surface area contributed by atoms with Crippen molar-refractivity contribution >= 4 is 16.8 Å². The Morgan fingerprint density at radius 2 is 1.49 bits per heavy atom. The monoisotopic (exact) mass is 778 g/mol. The summed E-state index contributed by atoms with van der Waals surface area (Å²) in [4.78, 5) is 15.7. The molecule has 2 aliphatic rings. The van der Waals surface area contributed by atoms with Gasteiger partial charge in [0.2, 0.25) is 12.2 Å². The molecule has 2 aromatic rings. The van der Waals surface area contributed by atoms with E-state index in [0.717, 1.165) is 61.4 Å². The minimum Gasteiger partial charge on any atom is -0.462 e. The summed E-state index contributed by atoms with van der Waals surface area (Å²) in [5.41, 5.74) is 1.75. The molecule has 3 heterocycles. The lowest BCUT2D eigenvalue weighted by atomic mass is 9.98. The maximum absolute atomic E-state index is 12.5. The quantitative estimate of drug-likeness (QED) is 0.0571. The van der Waals surface area contributed by atoms with E-state index in [0.29, 0.717) is 25.1 Å². The van der Waals surface area contributed by atoms with Crippen LogP contribution in [-0.4, -0.2) is 139 Å². The average molecular weight is 779 g/mol. The highest BCUT2D eigenvalue weighted by Gasteiger charge is 2.48. The summed E-state index contributed by atoms with van der Waals surface area (Å²) in [6.07, 6.45) is 6.43. The molecule has 55 heavy (non-hydrogen) atoms. The van der Waals surface area contributed by atoms with E-state index in [1.54, 1.807) is 18.2 Å². The number of ether oxygens (including phenoxy) is 4. The molecule has 0 aliphatic carbocycles. The first-order chi connectivity index (χ1) is 26.5. The summed E-state index contributed by atoms with van der Waals surface area (Å²) in [6.45, 7) is 1.16. The number of aromatic nitrogens is 1. The predicted octanol–water partition coefficient (Wildman–Crippen LogP) is 1.61. The minimum absolute atomic E-state index is 0.00379. The van der Waals surface area contributed by atoms with E-state index in [2.05, 4.69) is 34.6 Å². The molecule has 2 fully saturated rings. The van der Waals surface area contributed by atoms with Gasteiger partial charge in [-0.05, 0) is 82.1 Å². The van der Waals surface area contributed by atoms with Gasteiger partial charge in [-0.25, -0.2) is 0 Å². The second-order valence-corrected chi connectivity index (χ2v) is 14.5. The van der Waals surface area contributed by atoms with Crippen molar-refractivity contribution in [2.24, 2.45) is 0 Å². The van der Waals surface area contributed by atoms with Gasteiger partial charge in [0.05, 0.1) is 19.3 Å². The summed E-state index contributed by atoms with van der Waals surface area (Å²) in [5.74, 6) is 0.301. The molecule has 0 radical (unpaired) electrons. The Kier molecular flexibility index (Phi) is 19.0. The molecule has 0 unspecified atom stereocenters. The Balaban J connectivity index is 1.15. The summed E-state index contributed by atoms with van der Waals surface area (Å²) < 4.78 is 22.5. The largest absolute Gasteiger partial charge is 0.462 e. The predicted molar refractivity (Wildman–Crippen MR) is 203 cm³/mol. The number of benzene rings is 1. The van der Waals surface area contributed by atoms with Crippen molar-refractivity contribution in [2.75, 3.05) is 19.8 Å². The number of fused-ring (bicyclic) bond motifs is 1. The molecule has 11 atom stereocenters. The normalized spacial score (nSPS) is 29.3. The number of aliphatic hydroxyl groups excluding tert-OH is 8. The summed E-state index contributed by atoms with van der Waals surface area (Å²) in [6, 6.07) is 5.17. The molecule has 15 nitrogen and oxygen atoms in total. The van der Waals surface area contributed by atoms with Crippen LogP contribution < -0.4 is 10.1 Å². The Morgan fingerprint density at radius 3 is 2.20 bits per heavy atom. The van der Waals surface area contributed by atoms with Gasteiger partial charge in [0.1, 0.15) is 54.6 Å². The number of hydrogen-bond donors (Lipinski definition) is 10. The van der Waals surface area contributed by atoms with Crippen LogP contribution in [0.15, 0.2) is 48.7 Å². The molecule has 4 rings (SSSR count). The standard InChI is InChI=1S/C40H62N2O13/c1-25(44)15-13-11-9-7-5-3-2-4-6-8-10-12-14-16-32(45)41-20-19-26-22-42-29-18-17-27(21-28(26)29)53-40-38(51)36(49)34(47)31(55-40)24-52-39-37(50)35(48)33(46)30(23-43)54-39/h2-3,6,8,17-18,21-22,25,30-31,33-40,42-44,46-51H,4-5,7,9-16,19-20,23-24H2,1H3,(H,41,45)/b3-2-,8-6-/t25-,30-,31-,33-,34-,35+,36+,37-,38-,39-,40-/m1/s1. The van der Waals surface area contributed by atoms with E-state index >= 15 is 0 Å². The Morgan fingerprint density at radius 1 is 0.836 bits per heavy atom. The second-order valence-electron chi connectivity index (χ2n) is 14.5. The molecule has 1 amide bonds. The first kappa shape index (κ1) is 44.8. The molecule has 1 aromatic heterocycles. The van der Waals surface area contributed by atoms with E-state index in [9.17, 15) is 45.6 Å². The van der Waals surface area contributed by atoms with Gasteiger partial charge < -0.3 is 70.1 Å². The topological polar surface area (TPSA) is 244 Å². The van der Waals surface area contributed by atoms with Crippen LogP contribution in [-0.2, 0) is 25.4 Å². The third-order valence-corrected chi connectivity index (χ3v) is 10.0. The number of H-pyrrole nitrogens is 1. The van der Waals surface area contributed by atoms with E-state index in [1.165, 1.54) is 19.3 Å². The lowest BCUT2D eigenvalue weighted by Crippen LogP contribution is -2.62. The summed E-state index contributed by atoms with van der Waals surface area (Å²) in [7, 11) is 0. The summed E-state index contributed by atoms with van der Waals surface area (Å²) in [5, 5.41) is 84.6. The van der Waals surface area contributed by atoms with Crippen LogP contribution in [0.4, 0.5) is 0 Å². The molecule has 1 aromatic carbocycles. The van der Waals surface area contributed by atoms with Gasteiger partial charge in [0, 0.05) is 30.1 Å². The summed E-state index contributed by atoms with van der Waals surface area (Å²) >= 11 is 0. The van der Waals surface area contributed by atoms with Crippen LogP contribution in [0.25, 0.3) is 10.9 Å². The fourth-order valence-corrected chi connectivity index (χ4v) is 6.65. The van der Waals surface area contributed by atoms with Gasteiger partial charge in [-0.3, -0.25) is 4.79 Å². The van der Waals surface area contributed by atoms with Crippen molar-refractivity contribution in [3.63, 3.8) is 0 Å². The van der Waals surface area contributed by atoms with Crippen LogP contribution in [0.2, 0.25) is 0 Å². The van der Waals surface area contributed by atoms with Crippen molar-refractivity contribution < 1.29 is 64.6 Å². The zero-order chi connectivity index (χ0) is 39.7. The Bertz CT molecular complexity index is 1470. The van der Waals surface area contributed by atoms with Gasteiger partial charge in [-0.1, -0.05) is 43.6 Å². The smallest absolute Gasteiger partial charge is 0.229 e. The molecule has 2 saturated heterocycles. The first-order valence-corrected chi connectivity index (χ1v) is 19.6. The van der Waals surface area contributed by atoms with Crippen LogP contribution in [0.5, 0.6) is 5.75 Å². The highest BCUT2D eigenvalue weighted by atomic mass is 16.7. The number of carbonyl (C=O) groups excluding carboxylic acids is 1. The molecule has 310 valence electrons. The fourth-order valence-electron chi connectivity index (χ4n) is 6.65. The van der Waals surface area contributed by atoms with Crippen LogP contribution >= 0.6 is 0 Å². The number of allylic oxidation sites excluding steroid dienone is 4. The van der Waals surface area contributed by atoms with E-state index < -0.39 is 74.6 Å². The molecule has 0 saturated carbocycles. The molecule has 15 heteroatoms. The Hall–Kier alpha value is -2.93. The molecular weight excluding hydrogens is 716 g/mol. The number of aliphatic hydroxyl groups is 8. The highest BCUT2D eigenvalue weighted by Crippen LogP contribution is 2.29. The SMILES string of the molecule is C[C@@H](O)CCCCCC/C=C\C/C=C\CCCCC(=O)NCCc1c[nH]c2ccc(O[C@@H]3O[C@H](CO[C@@H]4O[C@H](CO)[C@@H](O)[C@H](O)[C@H]4O)[C@@H](O)[C@H](O)[C@H]3O)cc12. The van der Waals surface area contributed by atoms with Crippen molar-refractivity contribution in [1.82, 2.24) is 10.3 Å². The zero-order valence-corrected chi connectivity index (χ0v) is 31.7. The minimum atomic E-state index is -1.68. The van der Waals surface area contributed by atoms with E-state index in [4.69, 9.17) is 18.9 Å². The van der Waals surface area contributed by atoms with E-state index in [-0.39, 0.29) is 12.0 Å². The number of carbonyl (C=O) groups is 1. The van der Waals surface area contributed by atoms with Crippen LogP contribution in [0, 0.1) is 0 Å². The zero-order valence-electron chi connectivity index (χ0n) is 31.7. The van der Waals surface area contributed by atoms with Gasteiger partial charge in [0.15, 0.2) is 6.29 Å². The third-order valence-electron chi connectivity index (χ3n) is 10.0. The number of amides is 1. The number of rotatable bonds is 23. The molecule has 0 bridgehead atoms. The third kappa shape index (κ3) is 13.9. The second kappa shape index (κ2) is 23.3. The molecule has 2 aliphatic heterocycles. The maximum Gasteiger partial charge on any atom is 0.229 e. The number of unbranched alkanes of at least 4 members (excludes halogenated alkanes) is 6. The van der Waals surface area contributed by atoms with Crippen molar-refractivity contribution in [3.05, 3.63) is 54.3 Å². The lowest BCUT2D eigenvalue weighted by molar-refractivity contribution is -0.323. The first-order valence-electron chi connectivity index (χ1n) is 19.6. The van der Waals surface area contributed by atoms with Crippen molar-refractivity contribution in [2.45, 2.75) is 151 Å². The number of nitrogens with one attached hydrogen (secondary N) is 2. The lowest BCUT2D eigenvalue weighted by Gasteiger charge is -2.42. The molecule has 0 spiro atoms. The maximum atomic E-state index is 12.5. The van der Waals surface area contributed by atoms with Crippen molar-refractivity contribution in [3.8, 4) is 5.75 Å². The number of hydrogen-bond acceptors (Lipinski definition) is 13. The number of aromatic amines is 1. The highest BCUT2D eigenvalue weighted by molar-refractivity contribution is 5.84. The Labute approximate surface area is 322 Å². The van der Waals surface area contributed by atoms with Crippen LogP contribution in [0.3, 0.4) is 0 Å². The van der Waals surface area contributed by atoms with Gasteiger partial charge in [0.25, 0.3) is 0 Å². The van der Waals surface area contributed by atoms with Gasteiger partial charge in [-0.2, -0.15) is 0 Å². The van der Waals surface area contributed by atoms with Gasteiger partial charge >= 0.3 is 0 Å².